The first-order chi connectivity index (χ1) is 14.7. The number of amides is 2. The summed E-state index contributed by atoms with van der Waals surface area (Å²) in [6.45, 7) is 5.51. The Kier molecular flexibility index (Phi) is 8.21. The number of rotatable bonds is 6. The second-order valence-corrected chi connectivity index (χ2v) is 7.03. The van der Waals surface area contributed by atoms with Gasteiger partial charge in [-0.2, -0.15) is 0 Å². The van der Waals surface area contributed by atoms with Crippen LogP contribution < -0.4 is 20.9 Å². The highest BCUT2D eigenvalue weighted by Crippen LogP contribution is 2.17. The van der Waals surface area contributed by atoms with Crippen LogP contribution >= 0.6 is 12.2 Å². The van der Waals surface area contributed by atoms with E-state index < -0.39 is 22.8 Å². The van der Waals surface area contributed by atoms with E-state index in [-0.39, 0.29) is 10.8 Å². The van der Waals surface area contributed by atoms with E-state index in [2.05, 4.69) is 16.2 Å². The Morgan fingerprint density at radius 2 is 1.87 bits per heavy atom. The van der Waals surface area contributed by atoms with Gasteiger partial charge in [0.1, 0.15) is 5.75 Å². The minimum atomic E-state index is -0.804. The van der Waals surface area contributed by atoms with Crippen LogP contribution in [-0.2, 0) is 9.59 Å². The van der Waals surface area contributed by atoms with Crippen LogP contribution in [0.15, 0.2) is 48.5 Å². The van der Waals surface area contributed by atoms with Gasteiger partial charge in [0.05, 0.1) is 4.92 Å². The minimum absolute atomic E-state index is 0.0837. The first-order valence-electron chi connectivity index (χ1n) is 9.23. The fourth-order valence-corrected chi connectivity index (χ4v) is 2.52. The number of nitrogens with zero attached hydrogens (tertiary/aromatic N) is 1. The molecule has 0 fully saturated rings. The number of hydrogen-bond acceptors (Lipinski definition) is 6. The van der Waals surface area contributed by atoms with Crippen LogP contribution in [0.3, 0.4) is 0 Å². The number of carbonyl (C=O) groups is 2. The van der Waals surface area contributed by atoms with Gasteiger partial charge < -0.3 is 4.74 Å². The van der Waals surface area contributed by atoms with Crippen molar-refractivity contribution >= 4 is 40.9 Å². The van der Waals surface area contributed by atoms with Gasteiger partial charge in [0.2, 0.25) is 5.91 Å². The number of nitro groups is 1. The number of hydrogen-bond donors (Lipinski definition) is 3. The highest BCUT2D eigenvalue weighted by molar-refractivity contribution is 7.80. The monoisotopic (exact) mass is 442 g/mol. The molecule has 3 N–H and O–H groups in total. The summed E-state index contributed by atoms with van der Waals surface area (Å²) in [5.74, 6) is -0.493. The Morgan fingerprint density at radius 3 is 2.55 bits per heavy atom. The van der Waals surface area contributed by atoms with Crippen molar-refractivity contribution in [3.63, 3.8) is 0 Å². The van der Waals surface area contributed by atoms with Crippen molar-refractivity contribution < 1.29 is 19.2 Å². The van der Waals surface area contributed by atoms with Gasteiger partial charge in [0.25, 0.3) is 11.6 Å². The van der Waals surface area contributed by atoms with E-state index in [9.17, 15) is 19.7 Å². The fraction of sp³-hybridized carbons (Fsp3) is 0.190. The predicted octanol–water partition coefficient (Wildman–Crippen LogP) is 2.71. The number of carbonyl (C=O) groups excluding carboxylic acids is 2. The molecule has 162 valence electrons. The number of nitro benzene ring substituents is 1. The van der Waals surface area contributed by atoms with E-state index >= 15 is 0 Å². The Balaban J connectivity index is 1.80. The molecule has 10 heteroatoms. The van der Waals surface area contributed by atoms with E-state index in [1.807, 2.05) is 26.0 Å². The maximum atomic E-state index is 12.1. The summed E-state index contributed by atoms with van der Waals surface area (Å²) in [6, 6.07) is 11.3. The summed E-state index contributed by atoms with van der Waals surface area (Å²) in [5, 5.41) is 13.0. The summed E-state index contributed by atoms with van der Waals surface area (Å²) in [6.07, 6.45) is 1.77. The van der Waals surface area contributed by atoms with Crippen molar-refractivity contribution in [1.82, 2.24) is 16.2 Å². The van der Waals surface area contributed by atoms with Crippen LogP contribution in [-0.4, -0.2) is 28.0 Å². The number of hydrazine groups is 1. The summed E-state index contributed by atoms with van der Waals surface area (Å²) in [4.78, 5) is 34.3. The molecule has 0 aromatic heterocycles. The Morgan fingerprint density at radius 1 is 1.13 bits per heavy atom. The lowest BCUT2D eigenvalue weighted by Gasteiger charge is -2.16. The molecule has 2 rings (SSSR count). The van der Waals surface area contributed by atoms with Crippen LogP contribution in [0.2, 0.25) is 0 Å². The fourth-order valence-electron chi connectivity index (χ4n) is 2.36. The third-order valence-corrected chi connectivity index (χ3v) is 4.41. The normalized spacial score (nSPS) is 11.5. The van der Waals surface area contributed by atoms with Crippen molar-refractivity contribution in [2.45, 2.75) is 26.9 Å². The molecule has 0 heterocycles. The molecule has 0 aliphatic rings. The second-order valence-electron chi connectivity index (χ2n) is 6.62. The Labute approximate surface area is 184 Å². The molecule has 2 aromatic rings. The number of benzene rings is 2. The van der Waals surface area contributed by atoms with Crippen molar-refractivity contribution in [3.05, 3.63) is 75.3 Å². The maximum Gasteiger partial charge on any atom is 0.279 e. The second kappa shape index (κ2) is 10.8. The van der Waals surface area contributed by atoms with Crippen LogP contribution in [0.1, 0.15) is 23.6 Å². The highest BCUT2D eigenvalue weighted by atomic mass is 32.1. The zero-order chi connectivity index (χ0) is 23.0. The largest absolute Gasteiger partial charge is 0.481 e. The molecule has 2 aromatic carbocycles. The molecule has 31 heavy (non-hydrogen) atoms. The molecule has 0 aliphatic heterocycles. The molecule has 1 unspecified atom stereocenters. The Hall–Kier alpha value is -3.79. The quantitative estimate of drug-likeness (QED) is 0.272. The third kappa shape index (κ3) is 7.52. The average molecular weight is 442 g/mol. The van der Waals surface area contributed by atoms with Gasteiger partial charge in [-0.1, -0.05) is 18.2 Å². The van der Waals surface area contributed by atoms with E-state index in [0.29, 0.717) is 11.3 Å². The molecule has 0 saturated heterocycles. The molecule has 0 saturated carbocycles. The van der Waals surface area contributed by atoms with E-state index in [4.69, 9.17) is 17.0 Å². The van der Waals surface area contributed by atoms with Gasteiger partial charge in [0.15, 0.2) is 11.2 Å². The van der Waals surface area contributed by atoms with Crippen LogP contribution in [0.25, 0.3) is 6.08 Å². The van der Waals surface area contributed by atoms with Crippen molar-refractivity contribution in [3.8, 4) is 5.75 Å². The number of nitrogens with one attached hydrogen (secondary N) is 3. The molecule has 0 radical (unpaired) electrons. The van der Waals surface area contributed by atoms with Gasteiger partial charge >= 0.3 is 0 Å². The maximum absolute atomic E-state index is 12.1. The Bertz CT molecular complexity index is 1040. The highest BCUT2D eigenvalue weighted by Gasteiger charge is 2.15. The summed E-state index contributed by atoms with van der Waals surface area (Å²) >= 11 is 4.96. The SMILES string of the molecule is Cc1ccc(OC(C)C(=O)NNC(=S)NC(=O)/C=C/c2cccc([N+](=O)[O-])c2)cc1C. The smallest absolute Gasteiger partial charge is 0.279 e. The number of thiocarbonyl (C=S) groups is 1. The molecular formula is C21H22N4O5S. The van der Waals surface area contributed by atoms with Crippen LogP contribution in [0.5, 0.6) is 5.75 Å². The molecule has 0 spiro atoms. The van der Waals surface area contributed by atoms with Gasteiger partial charge in [-0.15, -0.1) is 0 Å². The number of aryl methyl sites for hydroxylation is 2. The summed E-state index contributed by atoms with van der Waals surface area (Å²) < 4.78 is 5.60. The van der Waals surface area contributed by atoms with Gasteiger partial charge in [-0.3, -0.25) is 35.9 Å². The predicted molar refractivity (Wildman–Crippen MR) is 120 cm³/mol. The van der Waals surface area contributed by atoms with Crippen molar-refractivity contribution in [1.29, 1.82) is 0 Å². The minimum Gasteiger partial charge on any atom is -0.481 e. The molecule has 2 amide bonds. The number of ether oxygens (including phenoxy) is 1. The zero-order valence-electron chi connectivity index (χ0n) is 17.2. The van der Waals surface area contributed by atoms with Crippen molar-refractivity contribution in [2.75, 3.05) is 0 Å². The third-order valence-electron chi connectivity index (χ3n) is 4.20. The first-order valence-corrected chi connectivity index (χ1v) is 9.64. The standard InChI is InChI=1S/C21H22N4O5S/c1-13-7-9-18(11-14(13)2)30-15(3)20(27)23-24-21(31)22-19(26)10-8-16-5-4-6-17(12-16)25(28)29/h4-12,15H,1-3H3,(H,23,27)(H2,22,24,26,31)/b10-8+. The molecular weight excluding hydrogens is 420 g/mol. The van der Waals surface area contributed by atoms with E-state index in [1.54, 1.807) is 19.1 Å². The molecule has 0 bridgehead atoms. The van der Waals surface area contributed by atoms with Gasteiger partial charge in [-0.05, 0) is 67.9 Å². The average Bonchev–Trinajstić information content (AvgIpc) is 2.73. The lowest BCUT2D eigenvalue weighted by molar-refractivity contribution is -0.384. The van der Waals surface area contributed by atoms with Crippen LogP contribution in [0.4, 0.5) is 5.69 Å². The summed E-state index contributed by atoms with van der Waals surface area (Å²) in [7, 11) is 0. The zero-order valence-corrected chi connectivity index (χ0v) is 18.0. The van der Waals surface area contributed by atoms with E-state index in [0.717, 1.165) is 11.1 Å². The lowest BCUT2D eigenvalue weighted by Crippen LogP contribution is -2.51. The first kappa shape index (κ1) is 23.5. The molecule has 9 nitrogen and oxygen atoms in total. The molecule has 1 atom stereocenters. The van der Waals surface area contributed by atoms with Gasteiger partial charge in [-0.25, -0.2) is 0 Å². The summed E-state index contributed by atoms with van der Waals surface area (Å²) in [5.41, 5.74) is 7.34. The van der Waals surface area contributed by atoms with Crippen molar-refractivity contribution in [2.24, 2.45) is 0 Å². The molecule has 0 aliphatic carbocycles. The number of non-ortho nitro benzene ring substituents is 1. The topological polar surface area (TPSA) is 123 Å². The van der Waals surface area contributed by atoms with E-state index in [1.165, 1.54) is 30.4 Å². The van der Waals surface area contributed by atoms with Gasteiger partial charge in [0, 0.05) is 18.2 Å². The van der Waals surface area contributed by atoms with Crippen LogP contribution in [0, 0.1) is 24.0 Å². The lowest BCUT2D eigenvalue weighted by atomic mass is 10.1.